The van der Waals surface area contributed by atoms with E-state index in [0.717, 1.165) is 10.6 Å². The van der Waals surface area contributed by atoms with Crippen molar-refractivity contribution in [3.05, 3.63) is 124 Å². The van der Waals surface area contributed by atoms with Crippen LogP contribution in [0.15, 0.2) is 93.3 Å². The van der Waals surface area contributed by atoms with Crippen molar-refractivity contribution in [1.29, 1.82) is 0 Å². The number of carbonyl (C=O) groups is 1. The minimum atomic E-state index is -0.693. The molecule has 0 N–H and O–H groups in total. The first-order chi connectivity index (χ1) is 20.8. The first-order valence-electron chi connectivity index (χ1n) is 12.9. The number of hydrogen-bond acceptors (Lipinski definition) is 10. The smallest absolute Gasteiger partial charge is 0.338 e. The SMILES string of the molecule is COC(=O)C1=C(C)N=c2s/c(=C/c3cn(-c4ccccc4)nc3-c3ccc(OC)c([N+](=O)[O-])c3)c(=O)n2C1c1cccs1. The summed E-state index contributed by atoms with van der Waals surface area (Å²) in [5.41, 5.74) is 2.46. The Morgan fingerprint density at radius 3 is 2.58 bits per heavy atom. The maximum Gasteiger partial charge on any atom is 0.338 e. The quantitative estimate of drug-likeness (QED) is 0.152. The molecule has 13 heteroatoms. The van der Waals surface area contributed by atoms with Gasteiger partial charge in [0.15, 0.2) is 10.6 Å². The van der Waals surface area contributed by atoms with Gasteiger partial charge in [-0.2, -0.15) is 5.10 Å². The molecule has 1 unspecified atom stereocenters. The van der Waals surface area contributed by atoms with Crippen LogP contribution < -0.4 is 19.6 Å². The van der Waals surface area contributed by atoms with Gasteiger partial charge in [-0.1, -0.05) is 35.6 Å². The molecule has 1 aliphatic rings. The van der Waals surface area contributed by atoms with Gasteiger partial charge in [-0.3, -0.25) is 19.5 Å². The van der Waals surface area contributed by atoms with E-state index in [9.17, 15) is 19.7 Å². The van der Waals surface area contributed by atoms with Crippen molar-refractivity contribution in [2.45, 2.75) is 13.0 Å². The number of thiazole rings is 1. The number of nitrogens with zero attached hydrogens (tertiary/aromatic N) is 5. The van der Waals surface area contributed by atoms with Crippen molar-refractivity contribution in [2.75, 3.05) is 14.2 Å². The number of para-hydroxylation sites is 1. The molecule has 0 saturated carbocycles. The van der Waals surface area contributed by atoms with E-state index in [4.69, 9.17) is 14.6 Å². The van der Waals surface area contributed by atoms with E-state index in [0.29, 0.717) is 37.4 Å². The van der Waals surface area contributed by atoms with Crippen LogP contribution in [0.3, 0.4) is 0 Å². The first-order valence-corrected chi connectivity index (χ1v) is 14.6. The molecule has 6 rings (SSSR count). The Bertz CT molecular complexity index is 2090. The molecule has 216 valence electrons. The third-order valence-electron chi connectivity index (χ3n) is 6.94. The lowest BCUT2D eigenvalue weighted by Gasteiger charge is -2.22. The average Bonchev–Trinajstić information content (AvgIpc) is 3.76. The van der Waals surface area contributed by atoms with Crippen LogP contribution in [0, 0.1) is 10.1 Å². The van der Waals surface area contributed by atoms with E-state index in [1.54, 1.807) is 29.9 Å². The lowest BCUT2D eigenvalue weighted by atomic mass is 10.0. The van der Waals surface area contributed by atoms with Gasteiger partial charge in [-0.15, -0.1) is 11.3 Å². The van der Waals surface area contributed by atoms with E-state index in [2.05, 4.69) is 4.99 Å². The Balaban J connectivity index is 1.58. The van der Waals surface area contributed by atoms with Crippen LogP contribution in [-0.2, 0) is 9.53 Å². The fourth-order valence-electron chi connectivity index (χ4n) is 4.96. The van der Waals surface area contributed by atoms with Crippen LogP contribution in [0.4, 0.5) is 5.69 Å². The standard InChI is InChI=1S/C30H23N5O6S2/c1-17-25(29(37)41-3)27(23-10-7-13-42-23)34-28(36)24(43-30(34)31-17)15-19-16-33(20-8-5-4-6-9-20)32-26(19)18-11-12-22(40-2)21(14-18)35(38)39/h4-16,27H,1-3H3/b24-15+. The molecule has 0 spiro atoms. The van der Waals surface area contributed by atoms with E-state index < -0.39 is 16.9 Å². The minimum absolute atomic E-state index is 0.122. The normalized spacial score (nSPS) is 14.8. The van der Waals surface area contributed by atoms with Gasteiger partial charge in [0.1, 0.15) is 11.7 Å². The van der Waals surface area contributed by atoms with Crippen molar-refractivity contribution in [1.82, 2.24) is 14.3 Å². The monoisotopic (exact) mass is 613 g/mol. The summed E-state index contributed by atoms with van der Waals surface area (Å²) in [6, 6.07) is 17.0. The molecule has 0 radical (unpaired) electrons. The van der Waals surface area contributed by atoms with Crippen LogP contribution in [-0.4, -0.2) is 39.5 Å². The number of methoxy groups -OCH3 is 2. The summed E-state index contributed by atoms with van der Waals surface area (Å²) in [7, 11) is 2.67. The number of nitro benzene ring substituents is 1. The van der Waals surface area contributed by atoms with Gasteiger partial charge in [0.25, 0.3) is 5.56 Å². The molecule has 0 amide bonds. The maximum atomic E-state index is 14.0. The molecular weight excluding hydrogens is 590 g/mol. The number of nitro groups is 1. The molecule has 43 heavy (non-hydrogen) atoms. The topological polar surface area (TPSA) is 131 Å². The first kappa shape index (κ1) is 28.0. The second-order valence-corrected chi connectivity index (χ2v) is 11.4. The van der Waals surface area contributed by atoms with Crippen LogP contribution in [0.2, 0.25) is 0 Å². The van der Waals surface area contributed by atoms with Crippen molar-refractivity contribution in [3.63, 3.8) is 0 Å². The molecule has 2 aromatic carbocycles. The Kier molecular flexibility index (Phi) is 7.34. The summed E-state index contributed by atoms with van der Waals surface area (Å²) in [5.74, 6) is -0.432. The molecule has 11 nitrogen and oxygen atoms in total. The van der Waals surface area contributed by atoms with Crippen LogP contribution in [0.25, 0.3) is 23.0 Å². The number of rotatable bonds is 7. The molecule has 0 aliphatic carbocycles. The van der Waals surface area contributed by atoms with Crippen LogP contribution >= 0.6 is 22.7 Å². The molecule has 0 saturated heterocycles. The van der Waals surface area contributed by atoms with Gasteiger partial charge >= 0.3 is 11.7 Å². The summed E-state index contributed by atoms with van der Waals surface area (Å²) in [4.78, 5) is 44.0. The number of benzene rings is 2. The fourth-order valence-corrected chi connectivity index (χ4v) is 6.82. The summed E-state index contributed by atoms with van der Waals surface area (Å²) in [6.07, 6.45) is 3.46. The Morgan fingerprint density at radius 1 is 1.12 bits per heavy atom. The predicted molar refractivity (Wildman–Crippen MR) is 162 cm³/mol. The highest BCUT2D eigenvalue weighted by molar-refractivity contribution is 7.10. The van der Waals surface area contributed by atoms with Crippen LogP contribution in [0.1, 0.15) is 23.4 Å². The molecule has 0 bridgehead atoms. The number of hydrogen-bond donors (Lipinski definition) is 0. The Hall–Kier alpha value is -5.14. The molecule has 5 aromatic rings. The number of esters is 1. The van der Waals surface area contributed by atoms with E-state index in [1.165, 1.54) is 53.6 Å². The lowest BCUT2D eigenvalue weighted by molar-refractivity contribution is -0.385. The minimum Gasteiger partial charge on any atom is -0.490 e. The molecule has 1 aliphatic heterocycles. The van der Waals surface area contributed by atoms with E-state index >= 15 is 0 Å². The second kappa shape index (κ2) is 11.3. The zero-order chi connectivity index (χ0) is 30.2. The highest BCUT2D eigenvalue weighted by Gasteiger charge is 2.33. The third-order valence-corrected chi connectivity index (χ3v) is 8.85. The van der Waals surface area contributed by atoms with Crippen molar-refractivity contribution >= 4 is 40.4 Å². The van der Waals surface area contributed by atoms with Crippen molar-refractivity contribution in [2.24, 2.45) is 4.99 Å². The summed E-state index contributed by atoms with van der Waals surface area (Å²) < 4.78 is 13.8. The van der Waals surface area contributed by atoms with Gasteiger partial charge in [0.2, 0.25) is 0 Å². The lowest BCUT2D eigenvalue weighted by Crippen LogP contribution is -2.39. The summed E-state index contributed by atoms with van der Waals surface area (Å²) in [5, 5.41) is 18.4. The molecule has 3 aromatic heterocycles. The molecule has 0 fully saturated rings. The largest absolute Gasteiger partial charge is 0.490 e. The Morgan fingerprint density at radius 2 is 1.91 bits per heavy atom. The highest BCUT2D eigenvalue weighted by atomic mass is 32.1. The van der Waals surface area contributed by atoms with E-state index in [-0.39, 0.29) is 17.0 Å². The van der Waals surface area contributed by atoms with Gasteiger partial charge in [0.05, 0.1) is 40.6 Å². The summed E-state index contributed by atoms with van der Waals surface area (Å²) >= 11 is 2.62. The third kappa shape index (κ3) is 4.98. The number of carbonyl (C=O) groups excluding carboxylic acids is 1. The number of aromatic nitrogens is 3. The van der Waals surface area contributed by atoms with Crippen LogP contribution in [0.5, 0.6) is 5.75 Å². The number of ether oxygens (including phenoxy) is 2. The van der Waals surface area contributed by atoms with Crippen molar-refractivity contribution < 1.29 is 19.2 Å². The summed E-state index contributed by atoms with van der Waals surface area (Å²) in [6.45, 7) is 1.72. The van der Waals surface area contributed by atoms with Crippen molar-refractivity contribution in [3.8, 4) is 22.7 Å². The predicted octanol–water partition coefficient (Wildman–Crippen LogP) is 4.24. The molecular formula is C30H23N5O6S2. The zero-order valence-corrected chi connectivity index (χ0v) is 24.7. The maximum absolute atomic E-state index is 14.0. The zero-order valence-electron chi connectivity index (χ0n) is 23.1. The average molecular weight is 614 g/mol. The van der Waals surface area contributed by atoms with Gasteiger partial charge in [-0.05, 0) is 48.7 Å². The van der Waals surface area contributed by atoms with Gasteiger partial charge < -0.3 is 9.47 Å². The molecule has 4 heterocycles. The van der Waals surface area contributed by atoms with E-state index in [1.807, 2.05) is 47.8 Å². The van der Waals surface area contributed by atoms with Gasteiger partial charge in [-0.25, -0.2) is 14.5 Å². The number of allylic oxidation sites excluding steroid dienone is 1. The van der Waals surface area contributed by atoms with Gasteiger partial charge in [0, 0.05) is 28.3 Å². The highest BCUT2D eigenvalue weighted by Crippen LogP contribution is 2.35. The number of fused-ring (bicyclic) bond motifs is 1. The number of thiophene rings is 1. The molecule has 1 atom stereocenters. The Labute approximate surface area is 252 Å². The second-order valence-electron chi connectivity index (χ2n) is 9.45. The fraction of sp³-hybridized carbons (Fsp3) is 0.133.